The average molecular weight is 369 g/mol. The number of hydrogen-bond donors (Lipinski definition) is 1. The van der Waals surface area contributed by atoms with Gasteiger partial charge in [-0.25, -0.2) is 9.59 Å². The van der Waals surface area contributed by atoms with Gasteiger partial charge in [0, 0.05) is 12.3 Å². The van der Waals surface area contributed by atoms with Crippen LogP contribution in [0.1, 0.15) is 47.0 Å². The van der Waals surface area contributed by atoms with Gasteiger partial charge in [0.05, 0.1) is 26.9 Å². The largest absolute Gasteiger partial charge is 0.464 e. The van der Waals surface area contributed by atoms with E-state index in [4.69, 9.17) is 18.9 Å². The molecule has 0 saturated carbocycles. The van der Waals surface area contributed by atoms with Gasteiger partial charge in [-0.2, -0.15) is 0 Å². The van der Waals surface area contributed by atoms with Gasteiger partial charge in [-0.3, -0.25) is 5.32 Å². The molecule has 0 aliphatic carbocycles. The van der Waals surface area contributed by atoms with E-state index < -0.39 is 17.8 Å². The summed E-state index contributed by atoms with van der Waals surface area (Å²) in [6.45, 7) is 8.96. The maximum atomic E-state index is 12.1. The first-order valence-corrected chi connectivity index (χ1v) is 9.00. The molecular formula is C19H31NO6. The van der Waals surface area contributed by atoms with Crippen molar-refractivity contribution >= 4 is 12.1 Å². The first-order chi connectivity index (χ1) is 12.3. The molecule has 0 aromatic heterocycles. The minimum atomic E-state index is -0.674. The quantitative estimate of drug-likeness (QED) is 0.381. The topological polar surface area (TPSA) is 83.1 Å². The average Bonchev–Trinajstić information content (AvgIpc) is 3.05. The molecule has 0 aromatic rings. The van der Waals surface area contributed by atoms with Gasteiger partial charge >= 0.3 is 12.1 Å². The van der Waals surface area contributed by atoms with Gasteiger partial charge in [0.2, 0.25) is 0 Å². The molecule has 0 radical (unpaired) electrons. The van der Waals surface area contributed by atoms with E-state index in [1.807, 2.05) is 39.8 Å². The summed E-state index contributed by atoms with van der Waals surface area (Å²) >= 11 is 0. The van der Waals surface area contributed by atoms with Crippen molar-refractivity contribution in [2.45, 2.75) is 52.7 Å². The number of allylic oxidation sites excluding steroid dienone is 2. The van der Waals surface area contributed by atoms with Crippen molar-refractivity contribution in [1.82, 2.24) is 5.32 Å². The Balaban J connectivity index is 2.78. The highest BCUT2D eigenvalue weighted by atomic mass is 16.7. The molecule has 7 nitrogen and oxygen atoms in total. The van der Waals surface area contributed by atoms with Gasteiger partial charge in [0.25, 0.3) is 0 Å². The second kappa shape index (κ2) is 11.0. The lowest BCUT2D eigenvalue weighted by molar-refractivity contribution is -0.146. The normalized spacial score (nSPS) is 18.3. The number of nitrogens with one attached hydrogen (secondary N) is 1. The number of esters is 1. The number of carbonyl (C=O) groups excluding carboxylic acids is 2. The summed E-state index contributed by atoms with van der Waals surface area (Å²) in [7, 11) is 1.28. The molecule has 0 spiro atoms. The fourth-order valence-electron chi connectivity index (χ4n) is 2.67. The molecule has 148 valence electrons. The maximum absolute atomic E-state index is 12.1. The third kappa shape index (κ3) is 7.17. The van der Waals surface area contributed by atoms with Gasteiger partial charge in [0.1, 0.15) is 5.70 Å². The third-order valence-corrected chi connectivity index (χ3v) is 4.17. The molecule has 1 unspecified atom stereocenters. The zero-order valence-corrected chi connectivity index (χ0v) is 16.4. The van der Waals surface area contributed by atoms with Crippen molar-refractivity contribution in [3.8, 4) is 0 Å². The molecule has 1 saturated heterocycles. The molecule has 1 fully saturated rings. The number of amides is 1. The highest BCUT2D eigenvalue weighted by molar-refractivity contribution is 5.92. The summed E-state index contributed by atoms with van der Waals surface area (Å²) in [5.41, 5.74) is 0.885. The van der Waals surface area contributed by atoms with Crippen LogP contribution in [-0.2, 0) is 23.7 Å². The van der Waals surface area contributed by atoms with Crippen molar-refractivity contribution in [2.75, 3.05) is 26.9 Å². The van der Waals surface area contributed by atoms with E-state index in [1.165, 1.54) is 7.11 Å². The summed E-state index contributed by atoms with van der Waals surface area (Å²) in [5.74, 6) is -1.17. The summed E-state index contributed by atoms with van der Waals surface area (Å²) in [6, 6.07) is 0. The van der Waals surface area contributed by atoms with Crippen LogP contribution in [0.15, 0.2) is 23.4 Å². The van der Waals surface area contributed by atoms with Crippen LogP contribution in [0, 0.1) is 5.92 Å². The van der Waals surface area contributed by atoms with Crippen LogP contribution < -0.4 is 5.32 Å². The molecule has 0 bridgehead atoms. The van der Waals surface area contributed by atoms with Gasteiger partial charge < -0.3 is 18.9 Å². The van der Waals surface area contributed by atoms with Crippen LogP contribution in [-0.4, -0.2) is 44.8 Å². The lowest BCUT2D eigenvalue weighted by atomic mass is 10.0. The van der Waals surface area contributed by atoms with E-state index in [0.29, 0.717) is 32.5 Å². The smallest absolute Gasteiger partial charge is 0.411 e. The Morgan fingerprint density at radius 3 is 2.50 bits per heavy atom. The number of carbonyl (C=O) groups is 2. The second-order valence-electron chi connectivity index (χ2n) is 6.38. The monoisotopic (exact) mass is 369 g/mol. The number of hydrogen-bond acceptors (Lipinski definition) is 6. The minimum absolute atomic E-state index is 0.0959. The molecule has 0 aromatic carbocycles. The molecular weight excluding hydrogens is 338 g/mol. The van der Waals surface area contributed by atoms with Gasteiger partial charge in [0.15, 0.2) is 5.79 Å². The zero-order valence-electron chi connectivity index (χ0n) is 16.4. The Hall–Kier alpha value is -1.86. The van der Waals surface area contributed by atoms with E-state index in [-0.39, 0.29) is 18.2 Å². The molecule has 1 aliphatic heterocycles. The molecule has 1 rings (SSSR count). The van der Waals surface area contributed by atoms with E-state index in [2.05, 4.69) is 5.32 Å². The first kappa shape index (κ1) is 22.2. The van der Waals surface area contributed by atoms with Gasteiger partial charge in [-0.05, 0) is 32.3 Å². The highest BCUT2D eigenvalue weighted by Crippen LogP contribution is 2.27. The van der Waals surface area contributed by atoms with Crippen LogP contribution in [0.2, 0.25) is 0 Å². The molecule has 26 heavy (non-hydrogen) atoms. The van der Waals surface area contributed by atoms with E-state index >= 15 is 0 Å². The lowest BCUT2D eigenvalue weighted by Gasteiger charge is -2.23. The Morgan fingerprint density at radius 2 is 1.96 bits per heavy atom. The van der Waals surface area contributed by atoms with Crippen molar-refractivity contribution in [3.63, 3.8) is 0 Å². The predicted molar refractivity (Wildman–Crippen MR) is 97.3 cm³/mol. The number of methoxy groups -OCH3 is 1. The number of rotatable bonds is 9. The van der Waals surface area contributed by atoms with Crippen molar-refractivity contribution in [2.24, 2.45) is 5.92 Å². The van der Waals surface area contributed by atoms with Crippen LogP contribution in [0.25, 0.3) is 0 Å². The summed E-state index contributed by atoms with van der Waals surface area (Å²) in [5, 5.41) is 2.54. The van der Waals surface area contributed by atoms with Crippen LogP contribution >= 0.6 is 0 Å². The van der Waals surface area contributed by atoms with Gasteiger partial charge in [-0.15, -0.1) is 0 Å². The lowest BCUT2D eigenvalue weighted by Crippen LogP contribution is -2.32. The Labute approximate surface area is 155 Å². The predicted octanol–water partition coefficient (Wildman–Crippen LogP) is 3.31. The number of alkyl carbamates (subject to hydrolysis) is 1. The van der Waals surface area contributed by atoms with Crippen molar-refractivity contribution < 1.29 is 28.5 Å². The Morgan fingerprint density at radius 1 is 1.31 bits per heavy atom. The Kier molecular flexibility index (Phi) is 9.37. The summed E-state index contributed by atoms with van der Waals surface area (Å²) < 4.78 is 21.2. The fourth-order valence-corrected chi connectivity index (χ4v) is 2.67. The second-order valence-corrected chi connectivity index (χ2v) is 6.38. The highest BCUT2D eigenvalue weighted by Gasteiger charge is 2.31. The molecule has 7 heteroatoms. The van der Waals surface area contributed by atoms with E-state index in [0.717, 1.165) is 5.57 Å². The zero-order chi connectivity index (χ0) is 19.6. The number of ether oxygens (including phenoxy) is 4. The maximum Gasteiger partial charge on any atom is 0.411 e. The van der Waals surface area contributed by atoms with E-state index in [9.17, 15) is 9.59 Å². The van der Waals surface area contributed by atoms with Gasteiger partial charge in [-0.1, -0.05) is 26.0 Å². The third-order valence-electron chi connectivity index (χ3n) is 4.17. The van der Waals surface area contributed by atoms with E-state index in [1.54, 1.807) is 0 Å². The van der Waals surface area contributed by atoms with Crippen molar-refractivity contribution in [1.29, 1.82) is 0 Å². The molecule has 1 atom stereocenters. The Bertz CT molecular complexity index is 534. The summed E-state index contributed by atoms with van der Waals surface area (Å²) in [6.07, 6.45) is 4.85. The standard InChI is InChI=1S/C19H31NO6/c1-6-8-14(3)13-24-18(22)20-16(17(21)23-5)15(7-2)9-10-19(4)25-11-12-26-19/h6,8,14H,7,9-13H2,1-5H3,(H,20,22)/b8-6-,16-15-. The summed E-state index contributed by atoms with van der Waals surface area (Å²) in [4.78, 5) is 24.2. The molecule has 1 aliphatic rings. The fraction of sp³-hybridized carbons (Fsp3) is 0.684. The molecule has 1 N–H and O–H groups in total. The SMILES string of the molecule is C/C=C\C(C)COC(=O)N/C(C(=O)OC)=C(/CC)CCC1(C)OCCO1. The van der Waals surface area contributed by atoms with Crippen molar-refractivity contribution in [3.05, 3.63) is 23.4 Å². The van der Waals surface area contributed by atoms with Crippen LogP contribution in [0.5, 0.6) is 0 Å². The molecule has 1 heterocycles. The van der Waals surface area contributed by atoms with Crippen LogP contribution in [0.4, 0.5) is 4.79 Å². The van der Waals surface area contributed by atoms with Crippen LogP contribution in [0.3, 0.4) is 0 Å². The first-order valence-electron chi connectivity index (χ1n) is 9.00. The minimum Gasteiger partial charge on any atom is -0.464 e. The molecule has 1 amide bonds.